The van der Waals surface area contributed by atoms with Gasteiger partial charge in [-0.15, -0.1) is 0 Å². The van der Waals surface area contributed by atoms with E-state index in [1.54, 1.807) is 25.1 Å². The van der Waals surface area contributed by atoms with Crippen LogP contribution in [0.2, 0.25) is 0 Å². The molecule has 1 saturated heterocycles. The number of benzene rings is 2. The van der Waals surface area contributed by atoms with E-state index in [1.807, 2.05) is 18.2 Å². The van der Waals surface area contributed by atoms with Crippen molar-refractivity contribution in [2.24, 2.45) is 0 Å². The summed E-state index contributed by atoms with van der Waals surface area (Å²) in [7, 11) is -3.51. The molecule has 0 saturated carbocycles. The highest BCUT2D eigenvalue weighted by molar-refractivity contribution is 7.89. The van der Waals surface area contributed by atoms with Gasteiger partial charge in [0.1, 0.15) is 5.58 Å². The van der Waals surface area contributed by atoms with Crippen molar-refractivity contribution in [1.29, 1.82) is 0 Å². The lowest BCUT2D eigenvalue weighted by molar-refractivity contribution is -0.141. The molecular formula is C24H25NO6S. The summed E-state index contributed by atoms with van der Waals surface area (Å²) < 4.78 is 37.7. The number of rotatable bonds is 7. The average Bonchev–Trinajstić information content (AvgIpc) is 3.15. The van der Waals surface area contributed by atoms with Crippen LogP contribution in [0.1, 0.15) is 40.9 Å². The monoisotopic (exact) mass is 455 g/mol. The topological polar surface area (TPSA) is 93.9 Å². The number of nitrogens with zero attached hydrogens (tertiary/aromatic N) is 1. The fraction of sp³-hybridized carbons (Fsp3) is 0.333. The first-order valence-electron chi connectivity index (χ1n) is 10.6. The van der Waals surface area contributed by atoms with E-state index >= 15 is 0 Å². The third kappa shape index (κ3) is 4.61. The van der Waals surface area contributed by atoms with Gasteiger partial charge in [0.2, 0.25) is 15.8 Å². The Morgan fingerprint density at radius 1 is 1.00 bits per heavy atom. The zero-order valence-corrected chi connectivity index (χ0v) is 18.7. The van der Waals surface area contributed by atoms with Crippen molar-refractivity contribution in [3.63, 3.8) is 0 Å². The highest BCUT2D eigenvalue weighted by Crippen LogP contribution is 2.25. The van der Waals surface area contributed by atoms with Gasteiger partial charge in [-0.1, -0.05) is 36.8 Å². The van der Waals surface area contributed by atoms with Crippen LogP contribution in [0.15, 0.2) is 57.8 Å². The molecule has 0 N–H and O–H groups in total. The largest absolute Gasteiger partial charge is 0.457 e. The van der Waals surface area contributed by atoms with Gasteiger partial charge in [-0.3, -0.25) is 9.59 Å². The van der Waals surface area contributed by atoms with Crippen molar-refractivity contribution in [3.8, 4) is 0 Å². The molecule has 1 aromatic heterocycles. The van der Waals surface area contributed by atoms with Gasteiger partial charge >= 0.3 is 5.97 Å². The summed E-state index contributed by atoms with van der Waals surface area (Å²) in [6.07, 6.45) is 2.73. The molecule has 1 fully saturated rings. The highest BCUT2D eigenvalue weighted by Gasteiger charge is 2.26. The van der Waals surface area contributed by atoms with Crippen LogP contribution in [-0.4, -0.2) is 44.2 Å². The van der Waals surface area contributed by atoms with Crippen LogP contribution >= 0.6 is 0 Å². The standard InChI is InChI=1S/C24H25NO6S/c1-17-20-7-3-4-8-22(20)31-24(17)21(26)16-30-23(27)15-18-9-11-19(12-10-18)32(28,29)25-13-5-2-6-14-25/h3-4,7-12H,2,5-6,13-16H2,1H3. The van der Waals surface area contributed by atoms with Crippen molar-refractivity contribution in [3.05, 3.63) is 65.4 Å². The van der Waals surface area contributed by atoms with Crippen LogP contribution in [0.4, 0.5) is 0 Å². The molecule has 0 bridgehead atoms. The van der Waals surface area contributed by atoms with E-state index < -0.39 is 28.4 Å². The van der Waals surface area contributed by atoms with Crippen molar-refractivity contribution >= 4 is 32.7 Å². The Morgan fingerprint density at radius 3 is 2.38 bits per heavy atom. The van der Waals surface area contributed by atoms with E-state index in [1.165, 1.54) is 16.4 Å². The summed E-state index contributed by atoms with van der Waals surface area (Å²) in [6, 6.07) is 13.6. The fourth-order valence-corrected chi connectivity index (χ4v) is 5.42. The number of carbonyl (C=O) groups is 2. The molecule has 2 heterocycles. The smallest absolute Gasteiger partial charge is 0.310 e. The van der Waals surface area contributed by atoms with E-state index in [-0.39, 0.29) is 17.1 Å². The molecule has 7 nitrogen and oxygen atoms in total. The van der Waals surface area contributed by atoms with E-state index in [4.69, 9.17) is 9.15 Å². The summed E-state index contributed by atoms with van der Waals surface area (Å²) in [6.45, 7) is 2.45. The summed E-state index contributed by atoms with van der Waals surface area (Å²) >= 11 is 0. The Kier molecular flexibility index (Phi) is 6.43. The van der Waals surface area contributed by atoms with Crippen LogP contribution in [0.3, 0.4) is 0 Å². The number of piperidine rings is 1. The van der Waals surface area contributed by atoms with E-state index in [0.29, 0.717) is 29.8 Å². The molecule has 0 aliphatic carbocycles. The maximum absolute atomic E-state index is 12.7. The van der Waals surface area contributed by atoms with Crippen LogP contribution in [-0.2, 0) is 26.0 Å². The van der Waals surface area contributed by atoms with Crippen molar-refractivity contribution in [1.82, 2.24) is 4.31 Å². The quantitative estimate of drug-likeness (QED) is 0.396. The van der Waals surface area contributed by atoms with Crippen LogP contribution < -0.4 is 0 Å². The second kappa shape index (κ2) is 9.26. The number of sulfonamides is 1. The van der Waals surface area contributed by atoms with Gasteiger partial charge in [0.15, 0.2) is 12.4 Å². The van der Waals surface area contributed by atoms with Gasteiger partial charge in [0, 0.05) is 24.0 Å². The molecular weight excluding hydrogens is 430 g/mol. The Balaban J connectivity index is 1.35. The molecule has 2 aromatic carbocycles. The lowest BCUT2D eigenvalue weighted by Gasteiger charge is -2.25. The molecule has 1 aliphatic rings. The van der Waals surface area contributed by atoms with Crippen molar-refractivity contribution in [2.45, 2.75) is 37.5 Å². The van der Waals surface area contributed by atoms with Gasteiger partial charge in [-0.25, -0.2) is 8.42 Å². The Labute approximate surface area is 187 Å². The lowest BCUT2D eigenvalue weighted by Crippen LogP contribution is -2.35. The van der Waals surface area contributed by atoms with Gasteiger partial charge in [0.25, 0.3) is 0 Å². The summed E-state index contributed by atoms with van der Waals surface area (Å²) in [4.78, 5) is 24.9. The number of esters is 1. The predicted octanol–water partition coefficient (Wildman–Crippen LogP) is 3.88. The third-order valence-electron chi connectivity index (χ3n) is 5.69. The molecule has 1 aliphatic heterocycles. The Morgan fingerprint density at radius 2 is 1.69 bits per heavy atom. The minimum Gasteiger partial charge on any atom is -0.457 e. The SMILES string of the molecule is Cc1c(C(=O)COC(=O)Cc2ccc(S(=O)(=O)N3CCCCC3)cc2)oc2ccccc12. The number of Topliss-reactive ketones (excluding diaryl/α,β-unsaturated/α-hetero) is 1. The number of para-hydroxylation sites is 1. The van der Waals surface area contributed by atoms with Gasteiger partial charge < -0.3 is 9.15 Å². The Bertz CT molecular complexity index is 1240. The number of fused-ring (bicyclic) bond motifs is 1. The second-order valence-corrected chi connectivity index (χ2v) is 9.86. The molecule has 168 valence electrons. The van der Waals surface area contributed by atoms with Crippen LogP contribution in [0.25, 0.3) is 11.0 Å². The average molecular weight is 456 g/mol. The van der Waals surface area contributed by atoms with Gasteiger partial charge in [0.05, 0.1) is 11.3 Å². The molecule has 32 heavy (non-hydrogen) atoms. The molecule has 0 spiro atoms. The van der Waals surface area contributed by atoms with Gasteiger partial charge in [-0.2, -0.15) is 4.31 Å². The molecule has 4 rings (SSSR count). The first-order valence-corrected chi connectivity index (χ1v) is 12.1. The first-order chi connectivity index (χ1) is 15.4. The zero-order chi connectivity index (χ0) is 22.7. The minimum absolute atomic E-state index is 0.0591. The highest BCUT2D eigenvalue weighted by atomic mass is 32.2. The van der Waals surface area contributed by atoms with E-state index in [9.17, 15) is 18.0 Å². The van der Waals surface area contributed by atoms with Crippen molar-refractivity contribution < 1.29 is 27.2 Å². The minimum atomic E-state index is -3.51. The number of carbonyl (C=O) groups excluding carboxylic acids is 2. The number of hydrogen-bond donors (Lipinski definition) is 0. The summed E-state index contributed by atoms with van der Waals surface area (Å²) in [5.74, 6) is -0.792. The number of aryl methyl sites for hydroxylation is 1. The van der Waals surface area contributed by atoms with E-state index in [2.05, 4.69) is 0 Å². The lowest BCUT2D eigenvalue weighted by atomic mass is 10.1. The predicted molar refractivity (Wildman–Crippen MR) is 119 cm³/mol. The second-order valence-electron chi connectivity index (χ2n) is 7.92. The molecule has 0 radical (unpaired) electrons. The van der Waals surface area contributed by atoms with E-state index in [0.717, 1.165) is 24.6 Å². The molecule has 0 amide bonds. The zero-order valence-electron chi connectivity index (χ0n) is 17.9. The number of furan rings is 1. The Hall–Kier alpha value is -2.97. The number of ether oxygens (including phenoxy) is 1. The maximum Gasteiger partial charge on any atom is 0.310 e. The number of hydrogen-bond acceptors (Lipinski definition) is 6. The summed E-state index contributed by atoms with van der Waals surface area (Å²) in [5.41, 5.74) is 1.94. The molecule has 0 unspecified atom stereocenters. The first kappa shape index (κ1) is 22.2. The molecule has 0 atom stereocenters. The van der Waals surface area contributed by atoms with Gasteiger partial charge in [-0.05, 0) is 43.5 Å². The summed E-state index contributed by atoms with van der Waals surface area (Å²) in [5, 5.41) is 0.849. The molecule has 3 aromatic rings. The normalized spacial score (nSPS) is 15.0. The van der Waals surface area contributed by atoms with Crippen LogP contribution in [0.5, 0.6) is 0 Å². The third-order valence-corrected chi connectivity index (χ3v) is 7.60. The molecule has 8 heteroatoms. The van der Waals surface area contributed by atoms with Crippen molar-refractivity contribution in [2.75, 3.05) is 19.7 Å². The maximum atomic E-state index is 12.7. The van der Waals surface area contributed by atoms with Crippen LogP contribution in [0, 0.1) is 6.92 Å². The fourth-order valence-electron chi connectivity index (χ4n) is 3.90. The number of ketones is 1.